The van der Waals surface area contributed by atoms with Gasteiger partial charge in [-0.25, -0.2) is 4.79 Å². The monoisotopic (exact) mass is 632 g/mol. The minimum Gasteiger partial charge on any atom is -0.497 e. The van der Waals surface area contributed by atoms with E-state index in [-0.39, 0.29) is 29.7 Å². The van der Waals surface area contributed by atoms with Crippen LogP contribution < -0.4 is 20.7 Å². The minimum atomic E-state index is -1.38. The van der Waals surface area contributed by atoms with Crippen LogP contribution in [-0.2, 0) is 29.4 Å². The molecule has 5 N–H and O–H groups in total. The van der Waals surface area contributed by atoms with E-state index >= 15 is 0 Å². The van der Waals surface area contributed by atoms with E-state index in [9.17, 15) is 29.1 Å². The number of hydrogen-bond acceptors (Lipinski definition) is 7. The minimum absolute atomic E-state index is 0.155. The molecule has 0 aliphatic carbocycles. The number of carbonyl (C=O) groups is 5. The Morgan fingerprint density at radius 1 is 1.00 bits per heavy atom. The van der Waals surface area contributed by atoms with E-state index in [0.717, 1.165) is 5.56 Å². The molecule has 45 heavy (non-hydrogen) atoms. The second-order valence-electron chi connectivity index (χ2n) is 13.3. The predicted octanol–water partition coefficient (Wildman–Crippen LogP) is 2.96. The van der Waals surface area contributed by atoms with Crippen LogP contribution in [-0.4, -0.2) is 90.1 Å². The summed E-state index contributed by atoms with van der Waals surface area (Å²) in [6.45, 7) is 14.7. The molecule has 12 heteroatoms. The van der Waals surface area contributed by atoms with Crippen molar-refractivity contribution in [2.24, 2.45) is 11.3 Å². The molecular weight excluding hydrogens is 580 g/mol. The molecule has 3 amide bonds. The lowest BCUT2D eigenvalue weighted by Crippen LogP contribution is -2.61. The Labute approximate surface area is 267 Å². The van der Waals surface area contributed by atoms with Gasteiger partial charge in [-0.15, -0.1) is 0 Å². The van der Waals surface area contributed by atoms with Crippen LogP contribution in [0.25, 0.3) is 0 Å². The van der Waals surface area contributed by atoms with Crippen molar-refractivity contribution < 1.29 is 38.9 Å². The number of rotatable bonds is 16. The van der Waals surface area contributed by atoms with Gasteiger partial charge in [-0.2, -0.15) is 0 Å². The van der Waals surface area contributed by atoms with E-state index in [2.05, 4.69) is 16.0 Å². The fourth-order valence-corrected chi connectivity index (χ4v) is 5.12. The first kappa shape index (κ1) is 39.1. The molecule has 0 unspecified atom stereocenters. The van der Waals surface area contributed by atoms with E-state index in [1.807, 2.05) is 72.7 Å². The maximum atomic E-state index is 14.1. The molecule has 4 atom stereocenters. The summed E-state index contributed by atoms with van der Waals surface area (Å²) in [5.41, 5.74) is -0.326. The molecule has 0 radical (unpaired) electrons. The van der Waals surface area contributed by atoms with Crippen LogP contribution in [0.5, 0.6) is 5.75 Å². The highest BCUT2D eigenvalue weighted by atomic mass is 16.5. The number of carbonyl (C=O) groups excluding carboxylic acids is 3. The van der Waals surface area contributed by atoms with E-state index < -0.39 is 59.3 Å². The number of hydrogen-bond donors (Lipinski definition) is 5. The van der Waals surface area contributed by atoms with Gasteiger partial charge in [0.2, 0.25) is 17.7 Å². The molecule has 0 aromatic heterocycles. The van der Waals surface area contributed by atoms with Crippen LogP contribution in [0.3, 0.4) is 0 Å². The summed E-state index contributed by atoms with van der Waals surface area (Å²) >= 11 is 0. The summed E-state index contributed by atoms with van der Waals surface area (Å²) in [7, 11) is 4.87. The smallest absolute Gasteiger partial charge is 0.326 e. The normalized spacial score (nSPS) is 15.0. The lowest BCUT2D eigenvalue weighted by molar-refractivity contribution is -0.142. The molecule has 0 aliphatic rings. The molecule has 0 aliphatic heterocycles. The molecule has 0 heterocycles. The molecule has 0 bridgehead atoms. The van der Waals surface area contributed by atoms with Gasteiger partial charge in [-0.3, -0.25) is 19.2 Å². The van der Waals surface area contributed by atoms with Crippen molar-refractivity contribution in [2.45, 2.75) is 97.8 Å². The Hall–Kier alpha value is -3.93. The van der Waals surface area contributed by atoms with Crippen LogP contribution >= 0.6 is 0 Å². The Morgan fingerprint density at radius 3 is 2.07 bits per heavy atom. The number of carboxylic acids is 2. The first-order valence-corrected chi connectivity index (χ1v) is 15.0. The van der Waals surface area contributed by atoms with Crippen LogP contribution in [0.4, 0.5) is 0 Å². The first-order valence-electron chi connectivity index (χ1n) is 15.0. The number of aliphatic carboxylic acids is 2. The van der Waals surface area contributed by atoms with Gasteiger partial charge in [0.05, 0.1) is 19.2 Å². The van der Waals surface area contributed by atoms with Crippen molar-refractivity contribution in [1.82, 2.24) is 20.9 Å². The largest absolute Gasteiger partial charge is 0.497 e. The third kappa shape index (κ3) is 10.9. The van der Waals surface area contributed by atoms with E-state index in [1.54, 1.807) is 27.3 Å². The number of nitrogens with one attached hydrogen (secondary N) is 3. The summed E-state index contributed by atoms with van der Waals surface area (Å²) in [5.74, 6) is -3.42. The van der Waals surface area contributed by atoms with Crippen molar-refractivity contribution in [2.75, 3.05) is 21.2 Å². The topological polar surface area (TPSA) is 174 Å². The summed E-state index contributed by atoms with van der Waals surface area (Å²) in [5, 5.41) is 26.8. The number of ether oxygens (including phenoxy) is 1. The highest BCUT2D eigenvalue weighted by Gasteiger charge is 2.41. The second-order valence-corrected chi connectivity index (χ2v) is 13.3. The Balaban J connectivity index is 3.31. The zero-order chi connectivity index (χ0) is 34.9. The number of likely N-dealkylation sites (N-methyl/N-ethyl adjacent to an activating group) is 2. The van der Waals surface area contributed by atoms with Crippen molar-refractivity contribution >= 4 is 29.7 Å². The number of benzene rings is 1. The highest BCUT2D eigenvalue weighted by molar-refractivity contribution is 5.96. The number of carboxylic acid groups (broad SMARTS) is 2. The number of nitrogens with zero attached hydrogens (tertiary/aromatic N) is 1. The molecule has 1 aromatic rings. The van der Waals surface area contributed by atoms with Gasteiger partial charge in [0.1, 0.15) is 17.8 Å². The second kappa shape index (κ2) is 16.4. The van der Waals surface area contributed by atoms with Crippen LogP contribution in [0.15, 0.2) is 35.9 Å². The van der Waals surface area contributed by atoms with E-state index in [1.165, 1.54) is 11.8 Å². The Bertz CT molecular complexity index is 1250. The lowest BCUT2D eigenvalue weighted by Gasteiger charge is -2.40. The maximum absolute atomic E-state index is 14.1. The van der Waals surface area contributed by atoms with E-state index in [4.69, 9.17) is 9.84 Å². The number of methoxy groups -OCH3 is 1. The quantitative estimate of drug-likeness (QED) is 0.172. The molecule has 1 aromatic carbocycles. The maximum Gasteiger partial charge on any atom is 0.326 e. The zero-order valence-corrected chi connectivity index (χ0v) is 28.5. The fraction of sp³-hybridized carbons (Fsp3) is 0.606. The van der Waals surface area contributed by atoms with Crippen LogP contribution in [0, 0.1) is 11.3 Å². The molecule has 1 rings (SSSR count). The molecule has 12 nitrogen and oxygen atoms in total. The van der Waals surface area contributed by atoms with Gasteiger partial charge in [-0.05, 0) is 49.4 Å². The number of amides is 3. The van der Waals surface area contributed by atoms with Gasteiger partial charge >= 0.3 is 11.9 Å². The molecule has 252 valence electrons. The summed E-state index contributed by atoms with van der Waals surface area (Å²) < 4.78 is 5.38. The molecule has 0 fully saturated rings. The average molecular weight is 633 g/mol. The van der Waals surface area contributed by atoms with Crippen molar-refractivity contribution in [1.29, 1.82) is 0 Å². The van der Waals surface area contributed by atoms with E-state index in [0.29, 0.717) is 5.75 Å². The zero-order valence-electron chi connectivity index (χ0n) is 28.5. The Morgan fingerprint density at radius 2 is 1.60 bits per heavy atom. The third-order valence-corrected chi connectivity index (χ3v) is 7.99. The van der Waals surface area contributed by atoms with Crippen molar-refractivity contribution in [3.63, 3.8) is 0 Å². The predicted molar refractivity (Wildman–Crippen MR) is 172 cm³/mol. The summed E-state index contributed by atoms with van der Waals surface area (Å²) in [6, 6.07) is 3.88. The SMILES string of the molecule is CN[C@H](C(=O)N[C@H](C(=O)N(C)[C@H](/C=C(\C)C(=O)N[C@H](CCC(=O)O)C(=O)O)C(C)C)C(C)(C)C)C(C)(C)c1cccc(OC)c1. The standard InChI is InChI=1S/C33H52N4O8/c1-19(2)24(17-20(3)28(40)35-23(31(43)44)15-16-25(38)39)37(10)30(42)27(32(4,5)6)36-29(41)26(34-9)33(7,8)21-13-12-14-22(18-21)45-11/h12-14,17-19,23-24,26-27,34H,15-16H2,1-11H3,(H,35,40)(H,36,41)(H,38,39)(H,43,44)/b20-17+/t23-,24-,26-,27-/m1/s1. The van der Waals surface area contributed by atoms with Crippen LogP contribution in [0.2, 0.25) is 0 Å². The van der Waals surface area contributed by atoms with Crippen molar-refractivity contribution in [3.8, 4) is 5.75 Å². The van der Waals surface area contributed by atoms with Gasteiger partial charge < -0.3 is 35.8 Å². The molecule has 0 saturated heterocycles. The first-order chi connectivity index (χ1) is 20.7. The van der Waals surface area contributed by atoms with Gasteiger partial charge in [0.25, 0.3) is 0 Å². The summed E-state index contributed by atoms with van der Waals surface area (Å²) in [6.07, 6.45) is 0.889. The molecule has 0 saturated carbocycles. The average Bonchev–Trinajstić information content (AvgIpc) is 2.94. The van der Waals surface area contributed by atoms with Gasteiger partial charge in [0, 0.05) is 24.5 Å². The van der Waals surface area contributed by atoms with Crippen molar-refractivity contribution in [3.05, 3.63) is 41.5 Å². The summed E-state index contributed by atoms with van der Waals surface area (Å²) in [4.78, 5) is 64.7. The third-order valence-electron chi connectivity index (χ3n) is 7.99. The fourth-order valence-electron chi connectivity index (χ4n) is 5.12. The van der Waals surface area contributed by atoms with Gasteiger partial charge in [0.15, 0.2) is 0 Å². The highest BCUT2D eigenvalue weighted by Crippen LogP contribution is 2.31. The van der Waals surface area contributed by atoms with Crippen LogP contribution in [0.1, 0.15) is 73.8 Å². The molecular formula is C33H52N4O8. The Kier molecular flexibility index (Phi) is 14.2. The lowest BCUT2D eigenvalue weighted by atomic mass is 9.76. The van der Waals surface area contributed by atoms with Gasteiger partial charge in [-0.1, -0.05) is 66.7 Å². The molecule has 0 spiro atoms.